The first-order chi connectivity index (χ1) is 8.56. The molecule has 0 amide bonds. The molecule has 0 bridgehead atoms. The highest BCUT2D eigenvalue weighted by Crippen LogP contribution is 2.30. The van der Waals surface area contributed by atoms with Crippen molar-refractivity contribution >= 4 is 17.4 Å². The van der Waals surface area contributed by atoms with E-state index in [0.717, 1.165) is 5.75 Å². The molecule has 0 aliphatic heterocycles. The molecule has 18 heavy (non-hydrogen) atoms. The SMILES string of the molecule is Cc1ccc(Oc2ccc(C(=N)N)cc2Cl)cc1. The molecule has 0 fully saturated rings. The zero-order valence-electron chi connectivity index (χ0n) is 9.91. The number of nitrogen functional groups attached to an aromatic ring is 1. The van der Waals surface area contributed by atoms with E-state index < -0.39 is 0 Å². The van der Waals surface area contributed by atoms with E-state index in [1.54, 1.807) is 18.2 Å². The summed E-state index contributed by atoms with van der Waals surface area (Å²) < 4.78 is 5.66. The molecule has 4 heteroatoms. The fraction of sp³-hybridized carbons (Fsp3) is 0.0714. The van der Waals surface area contributed by atoms with Crippen molar-refractivity contribution in [2.75, 3.05) is 0 Å². The van der Waals surface area contributed by atoms with Crippen LogP contribution in [0.2, 0.25) is 5.02 Å². The van der Waals surface area contributed by atoms with Gasteiger partial charge in [0.25, 0.3) is 0 Å². The van der Waals surface area contributed by atoms with Gasteiger partial charge in [-0.1, -0.05) is 29.3 Å². The highest BCUT2D eigenvalue weighted by atomic mass is 35.5. The summed E-state index contributed by atoms with van der Waals surface area (Å²) in [4.78, 5) is 0. The molecule has 0 heterocycles. The Labute approximate surface area is 111 Å². The van der Waals surface area contributed by atoms with Crippen LogP contribution in [-0.2, 0) is 0 Å². The Morgan fingerprint density at radius 1 is 1.17 bits per heavy atom. The van der Waals surface area contributed by atoms with Crippen LogP contribution in [0.3, 0.4) is 0 Å². The van der Waals surface area contributed by atoms with E-state index in [4.69, 9.17) is 27.5 Å². The molecule has 0 unspecified atom stereocenters. The van der Waals surface area contributed by atoms with Gasteiger partial charge < -0.3 is 10.5 Å². The molecule has 0 radical (unpaired) electrons. The van der Waals surface area contributed by atoms with E-state index >= 15 is 0 Å². The van der Waals surface area contributed by atoms with Crippen molar-refractivity contribution in [3.8, 4) is 11.5 Å². The zero-order chi connectivity index (χ0) is 13.1. The summed E-state index contributed by atoms with van der Waals surface area (Å²) in [6.07, 6.45) is 0. The molecule has 92 valence electrons. The van der Waals surface area contributed by atoms with E-state index in [-0.39, 0.29) is 5.84 Å². The topological polar surface area (TPSA) is 59.1 Å². The number of nitrogens with two attached hydrogens (primary N) is 1. The summed E-state index contributed by atoms with van der Waals surface area (Å²) in [5.74, 6) is 1.25. The van der Waals surface area contributed by atoms with Gasteiger partial charge in [-0.05, 0) is 37.3 Å². The van der Waals surface area contributed by atoms with Gasteiger partial charge in [-0.25, -0.2) is 0 Å². The van der Waals surface area contributed by atoms with Crippen LogP contribution < -0.4 is 10.5 Å². The minimum atomic E-state index is -0.0150. The number of nitrogens with one attached hydrogen (secondary N) is 1. The average Bonchev–Trinajstić information content (AvgIpc) is 2.34. The van der Waals surface area contributed by atoms with Gasteiger partial charge in [0.1, 0.15) is 17.3 Å². The van der Waals surface area contributed by atoms with Gasteiger partial charge in [0, 0.05) is 5.56 Å². The number of hydrogen-bond donors (Lipinski definition) is 2. The molecule has 0 saturated carbocycles. The molecular weight excluding hydrogens is 248 g/mol. The number of amidine groups is 1. The lowest BCUT2D eigenvalue weighted by atomic mass is 10.2. The number of hydrogen-bond acceptors (Lipinski definition) is 2. The van der Waals surface area contributed by atoms with E-state index in [1.807, 2.05) is 31.2 Å². The predicted octanol–water partition coefficient (Wildman–Crippen LogP) is 3.72. The second kappa shape index (κ2) is 5.10. The molecule has 0 saturated heterocycles. The number of benzene rings is 2. The van der Waals surface area contributed by atoms with Crippen LogP contribution in [0.4, 0.5) is 0 Å². The Bertz CT molecular complexity index is 579. The van der Waals surface area contributed by atoms with Crippen LogP contribution in [0, 0.1) is 12.3 Å². The average molecular weight is 261 g/mol. The van der Waals surface area contributed by atoms with Crippen molar-refractivity contribution in [2.45, 2.75) is 6.92 Å². The standard InChI is InChI=1S/C14H13ClN2O/c1-9-2-5-11(6-3-9)18-13-7-4-10(14(16)17)8-12(13)15/h2-8H,1H3,(H3,16,17). The Hall–Kier alpha value is -2.00. The van der Waals surface area contributed by atoms with Crippen LogP contribution in [-0.4, -0.2) is 5.84 Å². The Morgan fingerprint density at radius 2 is 1.83 bits per heavy atom. The molecule has 0 aromatic heterocycles. The van der Waals surface area contributed by atoms with Crippen LogP contribution in [0.25, 0.3) is 0 Å². The first kappa shape index (κ1) is 12.5. The van der Waals surface area contributed by atoms with Crippen molar-refractivity contribution in [3.05, 3.63) is 58.6 Å². The molecule has 0 aliphatic rings. The Balaban J connectivity index is 2.24. The largest absolute Gasteiger partial charge is 0.456 e. The van der Waals surface area contributed by atoms with E-state index in [0.29, 0.717) is 16.3 Å². The molecule has 3 nitrogen and oxygen atoms in total. The number of halogens is 1. The van der Waals surface area contributed by atoms with Crippen molar-refractivity contribution < 1.29 is 4.74 Å². The van der Waals surface area contributed by atoms with Gasteiger partial charge >= 0.3 is 0 Å². The lowest BCUT2D eigenvalue weighted by Crippen LogP contribution is -2.10. The summed E-state index contributed by atoms with van der Waals surface area (Å²) in [6.45, 7) is 2.01. The smallest absolute Gasteiger partial charge is 0.146 e. The molecule has 2 aromatic carbocycles. The summed E-state index contributed by atoms with van der Waals surface area (Å²) in [6, 6.07) is 12.7. The minimum absolute atomic E-state index is 0.0150. The van der Waals surface area contributed by atoms with E-state index in [1.165, 1.54) is 5.56 Å². The van der Waals surface area contributed by atoms with Gasteiger partial charge in [-0.15, -0.1) is 0 Å². The number of aryl methyl sites for hydroxylation is 1. The lowest BCUT2D eigenvalue weighted by Gasteiger charge is -2.09. The lowest BCUT2D eigenvalue weighted by molar-refractivity contribution is 0.483. The molecule has 0 aliphatic carbocycles. The monoisotopic (exact) mass is 260 g/mol. The fourth-order valence-corrected chi connectivity index (χ4v) is 1.70. The van der Waals surface area contributed by atoms with Crippen LogP contribution in [0.15, 0.2) is 42.5 Å². The fourth-order valence-electron chi connectivity index (χ4n) is 1.48. The quantitative estimate of drug-likeness (QED) is 0.653. The summed E-state index contributed by atoms with van der Waals surface area (Å²) in [5, 5.41) is 7.76. The van der Waals surface area contributed by atoms with Crippen LogP contribution >= 0.6 is 11.6 Å². The van der Waals surface area contributed by atoms with Gasteiger partial charge in [0.2, 0.25) is 0 Å². The van der Waals surface area contributed by atoms with Gasteiger partial charge in [0.05, 0.1) is 5.02 Å². The number of ether oxygens (including phenoxy) is 1. The molecule has 3 N–H and O–H groups in total. The van der Waals surface area contributed by atoms with Gasteiger partial charge in [-0.3, -0.25) is 5.41 Å². The third-order valence-corrected chi connectivity index (χ3v) is 2.79. The van der Waals surface area contributed by atoms with Crippen molar-refractivity contribution in [2.24, 2.45) is 5.73 Å². The summed E-state index contributed by atoms with van der Waals surface area (Å²) >= 11 is 6.08. The van der Waals surface area contributed by atoms with Crippen LogP contribution in [0.5, 0.6) is 11.5 Å². The molecule has 2 rings (SSSR count). The summed E-state index contributed by atoms with van der Waals surface area (Å²) in [7, 11) is 0. The maximum absolute atomic E-state index is 7.33. The van der Waals surface area contributed by atoms with Crippen LogP contribution in [0.1, 0.15) is 11.1 Å². The Kier molecular flexibility index (Phi) is 3.53. The maximum Gasteiger partial charge on any atom is 0.146 e. The first-order valence-corrected chi connectivity index (χ1v) is 5.82. The van der Waals surface area contributed by atoms with E-state index in [2.05, 4.69) is 0 Å². The molecule has 0 spiro atoms. The van der Waals surface area contributed by atoms with Crippen molar-refractivity contribution in [3.63, 3.8) is 0 Å². The Morgan fingerprint density at radius 3 is 2.39 bits per heavy atom. The second-order valence-electron chi connectivity index (χ2n) is 3.97. The highest BCUT2D eigenvalue weighted by molar-refractivity contribution is 6.32. The normalized spacial score (nSPS) is 10.1. The minimum Gasteiger partial charge on any atom is -0.456 e. The maximum atomic E-state index is 7.33. The second-order valence-corrected chi connectivity index (χ2v) is 4.38. The third-order valence-electron chi connectivity index (χ3n) is 2.49. The van der Waals surface area contributed by atoms with Gasteiger partial charge in [0.15, 0.2) is 0 Å². The summed E-state index contributed by atoms with van der Waals surface area (Å²) in [5.41, 5.74) is 7.13. The third kappa shape index (κ3) is 2.81. The number of rotatable bonds is 3. The van der Waals surface area contributed by atoms with Crippen molar-refractivity contribution in [1.29, 1.82) is 5.41 Å². The molecule has 2 aromatic rings. The molecular formula is C14H13ClN2O. The van der Waals surface area contributed by atoms with Crippen molar-refractivity contribution in [1.82, 2.24) is 0 Å². The predicted molar refractivity (Wildman–Crippen MR) is 73.7 cm³/mol. The first-order valence-electron chi connectivity index (χ1n) is 5.45. The molecule has 0 atom stereocenters. The van der Waals surface area contributed by atoms with Gasteiger partial charge in [-0.2, -0.15) is 0 Å². The zero-order valence-corrected chi connectivity index (χ0v) is 10.7. The van der Waals surface area contributed by atoms with E-state index in [9.17, 15) is 0 Å². The highest BCUT2D eigenvalue weighted by Gasteiger charge is 2.05.